The van der Waals surface area contributed by atoms with E-state index in [1.54, 1.807) is 6.92 Å². The molecular weight excluding hydrogens is 158 g/mol. The zero-order chi connectivity index (χ0) is 8.81. The first kappa shape index (κ1) is 8.45. The monoisotopic (exact) mass is 167 g/mol. The Kier molecular flexibility index (Phi) is 3.01. The van der Waals surface area contributed by atoms with Gasteiger partial charge >= 0.3 is 5.97 Å². The quantitative estimate of drug-likeness (QED) is 0.522. The van der Waals surface area contributed by atoms with Crippen LogP contribution >= 0.6 is 0 Å². The van der Waals surface area contributed by atoms with Crippen LogP contribution in [0.15, 0.2) is 12.3 Å². The number of esters is 1. The number of ether oxygens (including phenoxy) is 1. The molecule has 1 aromatic rings. The van der Waals surface area contributed by atoms with Gasteiger partial charge in [0, 0.05) is 6.08 Å². The third-order valence-electron chi connectivity index (χ3n) is 1.11. The van der Waals surface area contributed by atoms with E-state index in [4.69, 9.17) is 0 Å². The highest BCUT2D eigenvalue weighted by molar-refractivity contribution is 5.86. The van der Waals surface area contributed by atoms with Crippen molar-refractivity contribution in [2.75, 3.05) is 6.61 Å². The van der Waals surface area contributed by atoms with Crippen LogP contribution in [0.4, 0.5) is 0 Å². The zero-order valence-corrected chi connectivity index (χ0v) is 6.65. The van der Waals surface area contributed by atoms with Crippen molar-refractivity contribution >= 4 is 12.0 Å². The molecule has 0 atom stereocenters. The number of nitrogens with one attached hydrogen (secondary N) is 1. The lowest BCUT2D eigenvalue weighted by Crippen LogP contribution is -1.98. The normalized spacial score (nSPS) is 10.4. The zero-order valence-electron chi connectivity index (χ0n) is 6.65. The molecule has 0 fully saturated rings. The molecule has 0 aliphatic heterocycles. The molecule has 1 aromatic heterocycles. The van der Waals surface area contributed by atoms with Crippen LogP contribution in [0.2, 0.25) is 0 Å². The minimum Gasteiger partial charge on any atom is -0.463 e. The van der Waals surface area contributed by atoms with Crippen LogP contribution in [0, 0.1) is 0 Å². The van der Waals surface area contributed by atoms with E-state index in [0.717, 1.165) is 0 Å². The minimum atomic E-state index is -0.375. The number of rotatable bonds is 3. The molecule has 0 bridgehead atoms. The lowest BCUT2D eigenvalue weighted by molar-refractivity contribution is -0.137. The van der Waals surface area contributed by atoms with E-state index in [2.05, 4.69) is 20.1 Å². The number of nitrogens with zero attached hydrogens (tertiary/aromatic N) is 2. The summed E-state index contributed by atoms with van der Waals surface area (Å²) < 4.78 is 4.66. The lowest BCUT2D eigenvalue weighted by atomic mass is 10.4. The van der Waals surface area contributed by atoms with Crippen LogP contribution in [0.1, 0.15) is 12.6 Å². The van der Waals surface area contributed by atoms with Crippen LogP contribution < -0.4 is 0 Å². The molecule has 0 amide bonds. The SMILES string of the molecule is CCOC(=O)/C=C/c1cn[nH]n1. The molecular formula is C7H9N3O2. The van der Waals surface area contributed by atoms with E-state index in [9.17, 15) is 4.79 Å². The van der Waals surface area contributed by atoms with Crippen molar-refractivity contribution in [1.82, 2.24) is 15.4 Å². The third kappa shape index (κ3) is 2.53. The number of aromatic amines is 1. The minimum absolute atomic E-state index is 0.375. The second kappa shape index (κ2) is 4.27. The number of aromatic nitrogens is 3. The second-order valence-electron chi connectivity index (χ2n) is 1.98. The van der Waals surface area contributed by atoms with E-state index in [1.807, 2.05) is 0 Å². The Labute approximate surface area is 69.4 Å². The standard InChI is InChI=1S/C7H9N3O2/c1-2-12-7(11)4-3-6-5-8-10-9-6/h3-5H,2H2,1H3,(H,8,9,10)/b4-3+. The topological polar surface area (TPSA) is 67.9 Å². The summed E-state index contributed by atoms with van der Waals surface area (Å²) >= 11 is 0. The molecule has 5 heteroatoms. The summed E-state index contributed by atoms with van der Waals surface area (Å²) in [7, 11) is 0. The molecule has 1 heterocycles. The van der Waals surface area contributed by atoms with Gasteiger partial charge in [0.25, 0.3) is 0 Å². The first-order chi connectivity index (χ1) is 5.83. The van der Waals surface area contributed by atoms with Gasteiger partial charge in [-0.15, -0.1) is 0 Å². The third-order valence-corrected chi connectivity index (χ3v) is 1.11. The van der Waals surface area contributed by atoms with Crippen LogP contribution in [0.3, 0.4) is 0 Å². The van der Waals surface area contributed by atoms with Crippen molar-refractivity contribution in [3.05, 3.63) is 18.0 Å². The molecule has 1 N–H and O–H groups in total. The highest BCUT2D eigenvalue weighted by Crippen LogP contribution is 1.92. The molecule has 0 aromatic carbocycles. The molecule has 12 heavy (non-hydrogen) atoms. The summed E-state index contributed by atoms with van der Waals surface area (Å²) in [5.74, 6) is -0.375. The predicted molar refractivity (Wildman–Crippen MR) is 42.0 cm³/mol. The van der Waals surface area contributed by atoms with E-state index in [0.29, 0.717) is 12.3 Å². The maximum Gasteiger partial charge on any atom is 0.330 e. The largest absolute Gasteiger partial charge is 0.463 e. The van der Waals surface area contributed by atoms with Gasteiger partial charge in [-0.1, -0.05) is 0 Å². The Morgan fingerprint density at radius 2 is 2.67 bits per heavy atom. The summed E-state index contributed by atoms with van der Waals surface area (Å²) in [5, 5.41) is 9.71. The van der Waals surface area contributed by atoms with E-state index in [1.165, 1.54) is 18.3 Å². The summed E-state index contributed by atoms with van der Waals surface area (Å²) in [5.41, 5.74) is 0.600. The number of hydrogen-bond donors (Lipinski definition) is 1. The molecule has 64 valence electrons. The van der Waals surface area contributed by atoms with Crippen LogP contribution in [0.25, 0.3) is 6.08 Å². The van der Waals surface area contributed by atoms with Gasteiger partial charge in [0.05, 0.1) is 12.8 Å². The van der Waals surface area contributed by atoms with E-state index >= 15 is 0 Å². The summed E-state index contributed by atoms with van der Waals surface area (Å²) in [6.07, 6.45) is 4.35. The van der Waals surface area contributed by atoms with E-state index < -0.39 is 0 Å². The average Bonchev–Trinajstić information content (AvgIpc) is 2.53. The number of carbonyl (C=O) groups excluding carboxylic acids is 1. The Bertz CT molecular complexity index is 266. The van der Waals surface area contributed by atoms with Gasteiger partial charge in [-0.25, -0.2) is 4.79 Å². The maximum atomic E-state index is 10.8. The molecule has 0 radical (unpaired) electrons. The Morgan fingerprint density at radius 3 is 3.25 bits per heavy atom. The van der Waals surface area contributed by atoms with Crippen molar-refractivity contribution in [2.24, 2.45) is 0 Å². The van der Waals surface area contributed by atoms with Gasteiger partial charge in [0.15, 0.2) is 0 Å². The fourth-order valence-corrected chi connectivity index (χ4v) is 0.635. The van der Waals surface area contributed by atoms with Gasteiger partial charge < -0.3 is 4.74 Å². The molecule has 0 unspecified atom stereocenters. The van der Waals surface area contributed by atoms with Crippen molar-refractivity contribution in [3.63, 3.8) is 0 Å². The van der Waals surface area contributed by atoms with Crippen molar-refractivity contribution in [1.29, 1.82) is 0 Å². The van der Waals surface area contributed by atoms with Crippen LogP contribution in [0.5, 0.6) is 0 Å². The fourth-order valence-electron chi connectivity index (χ4n) is 0.635. The van der Waals surface area contributed by atoms with Crippen LogP contribution in [-0.2, 0) is 9.53 Å². The van der Waals surface area contributed by atoms with Gasteiger partial charge in [-0.3, -0.25) is 0 Å². The molecule has 0 aliphatic rings. The first-order valence-corrected chi connectivity index (χ1v) is 3.53. The summed E-state index contributed by atoms with van der Waals surface area (Å²) in [6, 6.07) is 0. The number of carbonyl (C=O) groups is 1. The predicted octanol–water partition coefficient (Wildman–Crippen LogP) is 0.381. The van der Waals surface area contributed by atoms with Gasteiger partial charge in [-0.05, 0) is 13.0 Å². The lowest BCUT2D eigenvalue weighted by Gasteiger charge is -1.92. The van der Waals surface area contributed by atoms with Crippen molar-refractivity contribution in [2.45, 2.75) is 6.92 Å². The van der Waals surface area contributed by atoms with Gasteiger partial charge in [0.2, 0.25) is 0 Å². The molecule has 0 aliphatic carbocycles. The molecule has 1 rings (SSSR count). The van der Waals surface area contributed by atoms with Crippen molar-refractivity contribution in [3.8, 4) is 0 Å². The molecule has 0 saturated heterocycles. The summed E-state index contributed by atoms with van der Waals surface area (Å²) in [4.78, 5) is 10.8. The Morgan fingerprint density at radius 1 is 1.83 bits per heavy atom. The highest BCUT2D eigenvalue weighted by Gasteiger charge is 1.94. The van der Waals surface area contributed by atoms with Gasteiger partial charge in [-0.2, -0.15) is 15.4 Å². The first-order valence-electron chi connectivity index (χ1n) is 3.53. The number of H-pyrrole nitrogens is 1. The number of hydrogen-bond acceptors (Lipinski definition) is 4. The molecule has 0 saturated carbocycles. The molecule has 5 nitrogen and oxygen atoms in total. The fraction of sp³-hybridized carbons (Fsp3) is 0.286. The summed E-state index contributed by atoms with van der Waals surface area (Å²) in [6.45, 7) is 2.13. The maximum absolute atomic E-state index is 10.8. The van der Waals surface area contributed by atoms with Crippen LogP contribution in [-0.4, -0.2) is 28.0 Å². The highest BCUT2D eigenvalue weighted by atomic mass is 16.5. The molecule has 0 spiro atoms. The van der Waals surface area contributed by atoms with Crippen molar-refractivity contribution < 1.29 is 9.53 Å². The Balaban J connectivity index is 2.45. The van der Waals surface area contributed by atoms with Gasteiger partial charge in [0.1, 0.15) is 5.69 Å². The smallest absolute Gasteiger partial charge is 0.330 e. The Hall–Kier alpha value is -1.65. The average molecular weight is 167 g/mol. The van der Waals surface area contributed by atoms with E-state index in [-0.39, 0.29) is 5.97 Å². The second-order valence-corrected chi connectivity index (χ2v) is 1.98.